The zero-order valence-corrected chi connectivity index (χ0v) is 10.5. The summed E-state index contributed by atoms with van der Waals surface area (Å²) in [4.78, 5) is 0. The molecule has 0 heterocycles. The van der Waals surface area contributed by atoms with Crippen LogP contribution in [0.3, 0.4) is 0 Å². The zero-order chi connectivity index (χ0) is 11.6. The Bertz CT molecular complexity index is 355. The molecule has 0 spiro atoms. The van der Waals surface area contributed by atoms with Crippen LogP contribution in [0.5, 0.6) is 0 Å². The third-order valence-corrected chi connectivity index (χ3v) is 3.69. The molecular weight excluding hydrogens is 244 g/mol. The lowest BCUT2D eigenvalue weighted by Crippen LogP contribution is -2.38. The van der Waals surface area contributed by atoms with E-state index in [2.05, 4.69) is 0 Å². The monoisotopic (exact) mass is 261 g/mol. The molecule has 1 aliphatic carbocycles. The van der Waals surface area contributed by atoms with Gasteiger partial charge in [-0.2, -0.15) is 0 Å². The Morgan fingerprint density at radius 3 is 2.06 bits per heavy atom. The van der Waals surface area contributed by atoms with Gasteiger partial charge in [0.25, 0.3) is 0 Å². The molecular formula is C13H18ClF2N. The van der Waals surface area contributed by atoms with E-state index in [1.807, 2.05) is 0 Å². The van der Waals surface area contributed by atoms with Crippen molar-refractivity contribution in [3.8, 4) is 0 Å². The van der Waals surface area contributed by atoms with Gasteiger partial charge in [0.1, 0.15) is 11.6 Å². The molecule has 4 heteroatoms. The van der Waals surface area contributed by atoms with Crippen LogP contribution in [-0.2, 0) is 5.41 Å². The first kappa shape index (κ1) is 14.4. The van der Waals surface area contributed by atoms with E-state index in [1.165, 1.54) is 18.2 Å². The van der Waals surface area contributed by atoms with E-state index in [-0.39, 0.29) is 18.0 Å². The quantitative estimate of drug-likeness (QED) is 0.866. The van der Waals surface area contributed by atoms with Crippen LogP contribution >= 0.6 is 12.4 Å². The molecule has 0 atom stereocenters. The molecule has 0 saturated heterocycles. The van der Waals surface area contributed by atoms with Gasteiger partial charge >= 0.3 is 0 Å². The van der Waals surface area contributed by atoms with Crippen molar-refractivity contribution < 1.29 is 8.78 Å². The van der Waals surface area contributed by atoms with Crippen LogP contribution in [0.2, 0.25) is 0 Å². The fourth-order valence-electron chi connectivity index (χ4n) is 2.79. The largest absolute Gasteiger partial charge is 0.330 e. The van der Waals surface area contributed by atoms with Gasteiger partial charge in [0.2, 0.25) is 0 Å². The Kier molecular flexibility index (Phi) is 4.90. The van der Waals surface area contributed by atoms with Crippen molar-refractivity contribution in [2.24, 2.45) is 5.73 Å². The first-order chi connectivity index (χ1) is 7.69. The molecule has 0 amide bonds. The van der Waals surface area contributed by atoms with Crippen LogP contribution in [0.1, 0.15) is 37.7 Å². The van der Waals surface area contributed by atoms with Crippen molar-refractivity contribution in [2.45, 2.75) is 37.5 Å². The minimum absolute atomic E-state index is 0. The molecule has 0 aliphatic heterocycles. The average Bonchev–Trinajstić information content (AvgIpc) is 2.30. The molecule has 2 rings (SSSR count). The number of hydrogen-bond donors (Lipinski definition) is 1. The molecule has 0 bridgehead atoms. The highest BCUT2D eigenvalue weighted by atomic mass is 35.5. The summed E-state index contributed by atoms with van der Waals surface area (Å²) in [5.41, 5.74) is 5.50. The van der Waals surface area contributed by atoms with Crippen molar-refractivity contribution in [3.05, 3.63) is 35.4 Å². The minimum Gasteiger partial charge on any atom is -0.330 e. The molecule has 1 aromatic carbocycles. The summed E-state index contributed by atoms with van der Waals surface area (Å²) in [5.74, 6) is -0.903. The van der Waals surface area contributed by atoms with Gasteiger partial charge in [-0.25, -0.2) is 8.78 Å². The fourth-order valence-corrected chi connectivity index (χ4v) is 2.79. The van der Waals surface area contributed by atoms with Crippen molar-refractivity contribution in [3.63, 3.8) is 0 Å². The van der Waals surface area contributed by atoms with E-state index >= 15 is 0 Å². The van der Waals surface area contributed by atoms with E-state index in [0.717, 1.165) is 32.1 Å². The molecule has 0 radical (unpaired) electrons. The summed E-state index contributed by atoms with van der Waals surface area (Å²) in [6, 6.07) is 4.05. The maximum absolute atomic E-state index is 13.8. The predicted molar refractivity (Wildman–Crippen MR) is 67.4 cm³/mol. The maximum atomic E-state index is 13.8. The standard InChI is InChI=1S/C13H17F2N.ClH/c14-10-5-4-6-11(15)12(10)13(9-16)7-2-1-3-8-13;/h4-6H,1-3,7-9,16H2;1H. The average molecular weight is 262 g/mol. The SMILES string of the molecule is Cl.NCC1(c2c(F)cccc2F)CCCCC1. The summed E-state index contributed by atoms with van der Waals surface area (Å²) >= 11 is 0. The van der Waals surface area contributed by atoms with E-state index in [0.29, 0.717) is 6.54 Å². The maximum Gasteiger partial charge on any atom is 0.129 e. The van der Waals surface area contributed by atoms with E-state index in [4.69, 9.17) is 5.73 Å². The smallest absolute Gasteiger partial charge is 0.129 e. The molecule has 0 aromatic heterocycles. The second kappa shape index (κ2) is 5.78. The van der Waals surface area contributed by atoms with Crippen LogP contribution in [0.4, 0.5) is 8.78 Å². The Hall–Kier alpha value is -0.670. The first-order valence-corrected chi connectivity index (χ1v) is 5.84. The third kappa shape index (κ3) is 2.61. The van der Waals surface area contributed by atoms with Crippen LogP contribution in [0.15, 0.2) is 18.2 Å². The highest BCUT2D eigenvalue weighted by Crippen LogP contribution is 2.40. The number of nitrogens with two attached hydrogens (primary N) is 1. The molecule has 1 saturated carbocycles. The normalized spacial score (nSPS) is 18.5. The molecule has 0 unspecified atom stereocenters. The third-order valence-electron chi connectivity index (χ3n) is 3.69. The highest BCUT2D eigenvalue weighted by molar-refractivity contribution is 5.85. The molecule has 17 heavy (non-hydrogen) atoms. The number of hydrogen-bond acceptors (Lipinski definition) is 1. The van der Waals surface area contributed by atoms with E-state index in [1.54, 1.807) is 0 Å². The minimum atomic E-state index is -0.478. The summed E-state index contributed by atoms with van der Waals surface area (Å²) in [7, 11) is 0. The lowest BCUT2D eigenvalue weighted by molar-refractivity contribution is 0.281. The van der Waals surface area contributed by atoms with Gasteiger partial charge in [0.15, 0.2) is 0 Å². The number of benzene rings is 1. The molecule has 1 aliphatic rings. The van der Waals surface area contributed by atoms with Gasteiger partial charge < -0.3 is 5.73 Å². The molecule has 1 fully saturated rings. The van der Waals surface area contributed by atoms with Gasteiger partial charge in [-0.3, -0.25) is 0 Å². The molecule has 1 aromatic rings. The van der Waals surface area contributed by atoms with E-state index in [9.17, 15) is 8.78 Å². The predicted octanol–water partition coefficient (Wildman–Crippen LogP) is 3.55. The van der Waals surface area contributed by atoms with Gasteiger partial charge in [-0.05, 0) is 25.0 Å². The molecule has 2 N–H and O–H groups in total. The van der Waals surface area contributed by atoms with Crippen molar-refractivity contribution >= 4 is 12.4 Å². The lowest BCUT2D eigenvalue weighted by atomic mass is 9.69. The highest BCUT2D eigenvalue weighted by Gasteiger charge is 2.36. The second-order valence-electron chi connectivity index (χ2n) is 4.64. The zero-order valence-electron chi connectivity index (χ0n) is 9.72. The molecule has 1 nitrogen and oxygen atoms in total. The summed E-state index contributed by atoms with van der Waals surface area (Å²) in [5, 5.41) is 0. The lowest BCUT2D eigenvalue weighted by Gasteiger charge is -2.37. The van der Waals surface area contributed by atoms with Crippen molar-refractivity contribution in [1.82, 2.24) is 0 Å². The van der Waals surface area contributed by atoms with Gasteiger partial charge in [0, 0.05) is 17.5 Å². The first-order valence-electron chi connectivity index (χ1n) is 5.84. The van der Waals surface area contributed by atoms with Gasteiger partial charge in [-0.1, -0.05) is 25.3 Å². The van der Waals surface area contributed by atoms with Gasteiger partial charge in [0.05, 0.1) is 0 Å². The van der Waals surface area contributed by atoms with Crippen LogP contribution in [0, 0.1) is 11.6 Å². The fraction of sp³-hybridized carbons (Fsp3) is 0.538. The second-order valence-corrected chi connectivity index (χ2v) is 4.64. The summed E-state index contributed by atoms with van der Waals surface area (Å²) in [6.07, 6.45) is 4.73. The molecule has 96 valence electrons. The Labute approximate surface area is 107 Å². The van der Waals surface area contributed by atoms with Crippen molar-refractivity contribution in [2.75, 3.05) is 6.54 Å². The Morgan fingerprint density at radius 2 is 1.59 bits per heavy atom. The number of halogens is 3. The van der Waals surface area contributed by atoms with E-state index < -0.39 is 17.0 Å². The van der Waals surface area contributed by atoms with Crippen molar-refractivity contribution in [1.29, 1.82) is 0 Å². The van der Waals surface area contributed by atoms with Gasteiger partial charge in [-0.15, -0.1) is 12.4 Å². The number of rotatable bonds is 2. The van der Waals surface area contributed by atoms with Crippen LogP contribution < -0.4 is 5.73 Å². The Morgan fingerprint density at radius 1 is 1.06 bits per heavy atom. The van der Waals surface area contributed by atoms with Crippen LogP contribution in [0.25, 0.3) is 0 Å². The summed E-state index contributed by atoms with van der Waals surface area (Å²) < 4.78 is 27.5. The Balaban J connectivity index is 0.00000144. The summed E-state index contributed by atoms with van der Waals surface area (Å²) in [6.45, 7) is 0.324. The topological polar surface area (TPSA) is 26.0 Å². The van der Waals surface area contributed by atoms with Crippen LogP contribution in [-0.4, -0.2) is 6.54 Å².